The second-order valence-corrected chi connectivity index (χ2v) is 5.61. The fraction of sp³-hybridized carbons (Fsp3) is 0.143. The normalized spacial score (nSPS) is 14.4. The van der Waals surface area contributed by atoms with Crippen LogP contribution in [-0.2, 0) is 27.7 Å². The van der Waals surface area contributed by atoms with Crippen molar-refractivity contribution in [1.29, 1.82) is 0 Å². The largest absolute Gasteiger partial charge is 0.593 e. The summed E-state index contributed by atoms with van der Waals surface area (Å²) < 4.78 is 118. The van der Waals surface area contributed by atoms with E-state index in [1.54, 1.807) is 0 Å². The van der Waals surface area contributed by atoms with Crippen LogP contribution in [0.4, 0.5) is 26.3 Å². The van der Waals surface area contributed by atoms with Crippen LogP contribution in [0.3, 0.4) is 0 Å². The van der Waals surface area contributed by atoms with Crippen LogP contribution in [0.5, 0.6) is 0 Å². The van der Waals surface area contributed by atoms with Crippen molar-refractivity contribution in [2.24, 2.45) is 5.14 Å². The Bertz CT molecular complexity index is 657. The summed E-state index contributed by atoms with van der Waals surface area (Å²) in [5.41, 5.74) is -2.68. The molecule has 0 saturated heterocycles. The highest BCUT2D eigenvalue weighted by Gasteiger charge is 2.47. The van der Waals surface area contributed by atoms with Crippen molar-refractivity contribution in [3.05, 3.63) is 23.0 Å². The van der Waals surface area contributed by atoms with Crippen molar-refractivity contribution < 1.29 is 43.9 Å². The summed E-state index contributed by atoms with van der Waals surface area (Å²) in [6.45, 7) is 0. The molecule has 0 spiro atoms. The average Bonchev–Trinajstić information content (AvgIpc) is 2.18. The highest BCUT2D eigenvalue weighted by Crippen LogP contribution is 2.40. The Kier molecular flexibility index (Phi) is 4.32. The lowest BCUT2D eigenvalue weighted by Gasteiger charge is -2.16. The first-order chi connectivity index (χ1) is 8.80. The van der Waals surface area contributed by atoms with Crippen molar-refractivity contribution >= 4 is 21.5 Å². The monoisotopic (exact) mass is 343 g/mol. The maximum atomic E-state index is 13.5. The molecule has 0 bridgehead atoms. The quantitative estimate of drug-likeness (QED) is 0.365. The standard InChI is InChI=1S/C7H3F6NO4S2/c8-2-1(7(11,12)13)5(19(14)15)3(9)4(10)6(2)20(16,17)18/h14H2,(H,16,17,18). The molecule has 13 heteroatoms. The first-order valence-electron chi connectivity index (χ1n) is 4.21. The number of rotatable bonds is 2. The Morgan fingerprint density at radius 1 is 1.10 bits per heavy atom. The second-order valence-electron chi connectivity index (χ2n) is 3.25. The molecule has 0 saturated carbocycles. The summed E-state index contributed by atoms with van der Waals surface area (Å²) in [5.74, 6) is -8.09. The highest BCUT2D eigenvalue weighted by atomic mass is 32.2. The van der Waals surface area contributed by atoms with Gasteiger partial charge in [0.2, 0.25) is 10.7 Å². The molecular formula is C7H3F6NO4S2. The lowest BCUT2D eigenvalue weighted by molar-refractivity contribution is -0.143. The van der Waals surface area contributed by atoms with E-state index in [1.165, 1.54) is 0 Å². The third kappa shape index (κ3) is 2.85. The van der Waals surface area contributed by atoms with Gasteiger partial charge in [0, 0.05) is 0 Å². The number of nitrogens with two attached hydrogens (primary N) is 1. The van der Waals surface area contributed by atoms with Gasteiger partial charge in [0.25, 0.3) is 0 Å². The molecule has 1 aromatic rings. The first-order valence-corrected chi connectivity index (χ1v) is 6.86. The Hall–Kier alpha value is -1.02. The lowest BCUT2D eigenvalue weighted by Crippen LogP contribution is -2.25. The molecule has 3 N–H and O–H groups in total. The predicted molar refractivity (Wildman–Crippen MR) is 51.7 cm³/mol. The van der Waals surface area contributed by atoms with E-state index in [0.29, 0.717) is 0 Å². The van der Waals surface area contributed by atoms with Gasteiger partial charge in [-0.15, -0.1) is 5.14 Å². The number of alkyl halides is 3. The minimum absolute atomic E-state index is 2.10. The van der Waals surface area contributed by atoms with Crippen LogP contribution < -0.4 is 5.14 Å². The second kappa shape index (κ2) is 5.07. The maximum Gasteiger partial charge on any atom is 0.424 e. The fourth-order valence-electron chi connectivity index (χ4n) is 1.29. The third-order valence-electron chi connectivity index (χ3n) is 1.98. The van der Waals surface area contributed by atoms with Crippen LogP contribution in [0.1, 0.15) is 5.56 Å². The highest BCUT2D eigenvalue weighted by molar-refractivity contribution is 7.89. The smallest absolute Gasteiger partial charge is 0.424 e. The van der Waals surface area contributed by atoms with Crippen molar-refractivity contribution in [1.82, 2.24) is 0 Å². The van der Waals surface area contributed by atoms with Crippen molar-refractivity contribution in [3.63, 3.8) is 0 Å². The van der Waals surface area contributed by atoms with Gasteiger partial charge in [-0.2, -0.15) is 26.0 Å². The van der Waals surface area contributed by atoms with E-state index < -0.39 is 60.5 Å². The van der Waals surface area contributed by atoms with Gasteiger partial charge in [-0.3, -0.25) is 4.55 Å². The molecule has 0 aromatic heterocycles. The fourth-order valence-corrected chi connectivity index (χ4v) is 2.60. The van der Waals surface area contributed by atoms with E-state index in [9.17, 15) is 39.3 Å². The van der Waals surface area contributed by atoms with E-state index >= 15 is 0 Å². The zero-order valence-electron chi connectivity index (χ0n) is 8.83. The molecule has 0 fully saturated rings. The Morgan fingerprint density at radius 2 is 1.55 bits per heavy atom. The van der Waals surface area contributed by atoms with Gasteiger partial charge < -0.3 is 4.55 Å². The summed E-state index contributed by atoms with van der Waals surface area (Å²) in [6.07, 6.45) is -5.73. The molecule has 20 heavy (non-hydrogen) atoms. The van der Waals surface area contributed by atoms with Gasteiger partial charge in [0.15, 0.2) is 22.1 Å². The van der Waals surface area contributed by atoms with Crippen LogP contribution in [0.25, 0.3) is 0 Å². The number of hydrogen-bond donors (Lipinski definition) is 2. The van der Waals surface area contributed by atoms with Crippen molar-refractivity contribution in [2.45, 2.75) is 16.0 Å². The molecular weight excluding hydrogens is 340 g/mol. The van der Waals surface area contributed by atoms with E-state index in [4.69, 9.17) is 4.55 Å². The summed E-state index contributed by atoms with van der Waals surface area (Å²) in [7, 11) is -5.84. The van der Waals surface area contributed by atoms with Gasteiger partial charge in [-0.25, -0.2) is 8.78 Å². The molecule has 0 aliphatic carbocycles. The summed E-state index contributed by atoms with van der Waals surface area (Å²) in [5, 5.41) is 4.50. The zero-order chi connectivity index (χ0) is 16.0. The van der Waals surface area contributed by atoms with Crippen LogP contribution in [-0.4, -0.2) is 17.5 Å². The van der Waals surface area contributed by atoms with E-state index in [2.05, 4.69) is 5.14 Å². The van der Waals surface area contributed by atoms with E-state index in [0.717, 1.165) is 0 Å². The van der Waals surface area contributed by atoms with E-state index in [1.807, 2.05) is 0 Å². The third-order valence-corrected chi connectivity index (χ3v) is 3.64. The molecule has 0 heterocycles. The number of halogens is 6. The van der Waals surface area contributed by atoms with Gasteiger partial charge in [-0.1, -0.05) is 0 Å². The first kappa shape index (κ1) is 17.0. The van der Waals surface area contributed by atoms with Gasteiger partial charge in [0.05, 0.1) is 11.4 Å². The molecule has 0 amide bonds. The molecule has 0 radical (unpaired) electrons. The van der Waals surface area contributed by atoms with Crippen molar-refractivity contribution in [2.75, 3.05) is 0 Å². The Morgan fingerprint density at radius 3 is 1.85 bits per heavy atom. The van der Waals surface area contributed by atoms with E-state index in [-0.39, 0.29) is 0 Å². The zero-order valence-corrected chi connectivity index (χ0v) is 10.5. The molecule has 114 valence electrons. The molecule has 1 rings (SSSR count). The predicted octanol–water partition coefficient (Wildman–Crippen LogP) is 1.35. The minimum Gasteiger partial charge on any atom is -0.593 e. The number of hydrogen-bond acceptors (Lipinski definition) is 4. The van der Waals surface area contributed by atoms with Crippen LogP contribution in [0.2, 0.25) is 0 Å². The molecule has 5 nitrogen and oxygen atoms in total. The topological polar surface area (TPSA) is 103 Å². The molecule has 1 atom stereocenters. The van der Waals surface area contributed by atoms with Crippen LogP contribution >= 0.6 is 0 Å². The van der Waals surface area contributed by atoms with Crippen molar-refractivity contribution in [3.8, 4) is 0 Å². The minimum atomic E-state index is -5.84. The molecule has 1 aromatic carbocycles. The van der Waals surface area contributed by atoms with Crippen LogP contribution in [0.15, 0.2) is 9.79 Å². The Balaban J connectivity index is 4.06. The summed E-state index contributed by atoms with van der Waals surface area (Å²) in [6, 6.07) is 0. The van der Waals surface area contributed by atoms with Gasteiger partial charge in [-0.05, 0) is 0 Å². The van der Waals surface area contributed by atoms with Crippen LogP contribution in [0, 0.1) is 17.5 Å². The average molecular weight is 343 g/mol. The lowest BCUT2D eigenvalue weighted by atomic mass is 10.2. The maximum absolute atomic E-state index is 13.5. The SMILES string of the molecule is N[S+]([O-])c1c(F)c(F)c(S(=O)(=O)O)c(F)c1C(F)(F)F. The van der Waals surface area contributed by atoms with Gasteiger partial charge >= 0.3 is 16.3 Å². The summed E-state index contributed by atoms with van der Waals surface area (Å²) >= 11 is -3.31. The summed E-state index contributed by atoms with van der Waals surface area (Å²) in [4.78, 5) is -4.64. The molecule has 1 unspecified atom stereocenters. The van der Waals surface area contributed by atoms with Gasteiger partial charge in [0.1, 0.15) is 0 Å². The molecule has 0 aliphatic heterocycles. The Labute approximate surface area is 110 Å². The molecule has 0 aliphatic rings. The number of benzene rings is 1.